The summed E-state index contributed by atoms with van der Waals surface area (Å²) in [5, 5.41) is 5.34. The molecule has 24 heavy (non-hydrogen) atoms. The maximum Gasteiger partial charge on any atom is 0.272 e. The van der Waals surface area contributed by atoms with Crippen molar-refractivity contribution >= 4 is 16.8 Å². The molecule has 1 aliphatic rings. The number of rotatable bonds is 3. The molecule has 122 valence electrons. The Morgan fingerprint density at radius 2 is 2.04 bits per heavy atom. The fourth-order valence-corrected chi connectivity index (χ4v) is 3.41. The van der Waals surface area contributed by atoms with Gasteiger partial charge in [-0.1, -0.05) is 24.3 Å². The van der Waals surface area contributed by atoms with Crippen LogP contribution in [0.3, 0.4) is 0 Å². The summed E-state index contributed by atoms with van der Waals surface area (Å²) in [5.41, 5.74) is 1.39. The van der Waals surface area contributed by atoms with Gasteiger partial charge in [0.05, 0.1) is 18.1 Å². The second-order valence-electron chi connectivity index (χ2n) is 6.27. The van der Waals surface area contributed by atoms with Gasteiger partial charge < -0.3 is 4.90 Å². The first-order valence-corrected chi connectivity index (χ1v) is 8.45. The highest BCUT2D eigenvalue weighted by Crippen LogP contribution is 2.21. The van der Waals surface area contributed by atoms with E-state index in [1.54, 1.807) is 6.20 Å². The first-order valence-electron chi connectivity index (χ1n) is 8.45. The van der Waals surface area contributed by atoms with Crippen LogP contribution in [-0.2, 0) is 6.54 Å². The van der Waals surface area contributed by atoms with Gasteiger partial charge in [0.2, 0.25) is 0 Å². The number of nitrogens with zero attached hydrogens (tertiary/aromatic N) is 4. The van der Waals surface area contributed by atoms with Crippen molar-refractivity contribution in [2.75, 3.05) is 6.54 Å². The van der Waals surface area contributed by atoms with Crippen LogP contribution in [0.25, 0.3) is 10.9 Å². The molecule has 0 saturated carbocycles. The third-order valence-electron chi connectivity index (χ3n) is 4.66. The Balaban J connectivity index is 1.60. The number of fused-ring (bicyclic) bond motifs is 1. The lowest BCUT2D eigenvalue weighted by atomic mass is 10.0. The Morgan fingerprint density at radius 3 is 2.92 bits per heavy atom. The highest BCUT2D eigenvalue weighted by Gasteiger charge is 2.28. The van der Waals surface area contributed by atoms with Gasteiger partial charge in [0, 0.05) is 24.3 Å². The molecule has 1 atom stereocenters. The van der Waals surface area contributed by atoms with E-state index in [0.717, 1.165) is 43.3 Å². The molecule has 0 aliphatic carbocycles. The molecule has 3 heterocycles. The molecule has 1 aromatic carbocycles. The highest BCUT2D eigenvalue weighted by atomic mass is 16.2. The SMILES string of the molecule is O=C(c1ccc2ccccc2n1)N1CCCC[C@H]1Cn1cccn1. The summed E-state index contributed by atoms with van der Waals surface area (Å²) in [7, 11) is 0. The molecular weight excluding hydrogens is 300 g/mol. The van der Waals surface area contributed by atoms with E-state index in [-0.39, 0.29) is 11.9 Å². The van der Waals surface area contributed by atoms with Crippen LogP contribution >= 0.6 is 0 Å². The molecule has 0 spiro atoms. The van der Waals surface area contributed by atoms with Crippen LogP contribution in [0.1, 0.15) is 29.8 Å². The summed E-state index contributed by atoms with van der Waals surface area (Å²) in [6, 6.07) is 13.8. The molecule has 0 unspecified atom stereocenters. The van der Waals surface area contributed by atoms with Crippen molar-refractivity contribution in [3.8, 4) is 0 Å². The maximum absolute atomic E-state index is 13.0. The Kier molecular flexibility index (Phi) is 3.99. The van der Waals surface area contributed by atoms with Crippen LogP contribution < -0.4 is 0 Å². The number of likely N-dealkylation sites (tertiary alicyclic amines) is 1. The van der Waals surface area contributed by atoms with E-state index >= 15 is 0 Å². The number of carbonyl (C=O) groups excluding carboxylic acids is 1. The highest BCUT2D eigenvalue weighted by molar-refractivity contribution is 5.95. The van der Waals surface area contributed by atoms with Crippen LogP contribution in [-0.4, -0.2) is 38.2 Å². The second-order valence-corrected chi connectivity index (χ2v) is 6.27. The lowest BCUT2D eigenvalue weighted by Crippen LogP contribution is -2.46. The minimum absolute atomic E-state index is 0.0256. The summed E-state index contributed by atoms with van der Waals surface area (Å²) in [4.78, 5) is 19.6. The summed E-state index contributed by atoms with van der Waals surface area (Å²) in [6.45, 7) is 1.53. The zero-order valence-corrected chi connectivity index (χ0v) is 13.5. The fourth-order valence-electron chi connectivity index (χ4n) is 3.41. The number of hydrogen-bond donors (Lipinski definition) is 0. The molecule has 5 nitrogen and oxygen atoms in total. The van der Waals surface area contributed by atoms with Crippen LogP contribution in [0.4, 0.5) is 0 Å². The van der Waals surface area contributed by atoms with E-state index in [1.807, 2.05) is 58.2 Å². The molecule has 3 aromatic rings. The zero-order valence-electron chi connectivity index (χ0n) is 13.5. The molecule has 0 radical (unpaired) electrons. The van der Waals surface area contributed by atoms with E-state index in [9.17, 15) is 4.79 Å². The molecule has 2 aromatic heterocycles. The number of para-hydroxylation sites is 1. The lowest BCUT2D eigenvalue weighted by Gasteiger charge is -2.35. The van der Waals surface area contributed by atoms with Crippen molar-refractivity contribution in [1.82, 2.24) is 19.7 Å². The smallest absolute Gasteiger partial charge is 0.272 e. The summed E-state index contributed by atoms with van der Waals surface area (Å²) >= 11 is 0. The van der Waals surface area contributed by atoms with Gasteiger partial charge in [0.15, 0.2) is 0 Å². The van der Waals surface area contributed by atoms with Crippen molar-refractivity contribution in [2.24, 2.45) is 0 Å². The predicted octanol–water partition coefficient (Wildman–Crippen LogP) is 3.13. The summed E-state index contributed by atoms with van der Waals surface area (Å²) in [5.74, 6) is 0.0256. The van der Waals surface area contributed by atoms with Crippen molar-refractivity contribution in [1.29, 1.82) is 0 Å². The van der Waals surface area contributed by atoms with Gasteiger partial charge in [-0.2, -0.15) is 5.10 Å². The number of pyridine rings is 1. The second kappa shape index (κ2) is 6.43. The van der Waals surface area contributed by atoms with Crippen LogP contribution in [0.2, 0.25) is 0 Å². The average Bonchev–Trinajstić information content (AvgIpc) is 3.14. The molecule has 1 fully saturated rings. The fraction of sp³-hybridized carbons (Fsp3) is 0.316. The number of carbonyl (C=O) groups is 1. The monoisotopic (exact) mass is 320 g/mol. The minimum atomic E-state index is 0.0256. The van der Waals surface area contributed by atoms with E-state index in [4.69, 9.17) is 0 Å². The number of piperidine rings is 1. The average molecular weight is 320 g/mol. The lowest BCUT2D eigenvalue weighted by molar-refractivity contribution is 0.0578. The number of hydrogen-bond acceptors (Lipinski definition) is 3. The predicted molar refractivity (Wildman–Crippen MR) is 92.6 cm³/mol. The zero-order chi connectivity index (χ0) is 16.4. The molecule has 1 saturated heterocycles. The molecular formula is C19H20N4O. The van der Waals surface area contributed by atoms with Gasteiger partial charge >= 0.3 is 0 Å². The molecule has 1 aliphatic heterocycles. The van der Waals surface area contributed by atoms with E-state index in [1.165, 1.54) is 0 Å². The van der Waals surface area contributed by atoms with E-state index in [2.05, 4.69) is 10.1 Å². The molecule has 1 amide bonds. The standard InChI is InChI=1S/C19H20N4O/c24-19(18-10-9-15-6-1-2-8-17(15)21-18)23-13-4-3-7-16(23)14-22-12-5-11-20-22/h1-2,5-6,8-12,16H,3-4,7,13-14H2/t16-/m0/s1. The van der Waals surface area contributed by atoms with Gasteiger partial charge in [-0.25, -0.2) is 4.98 Å². The molecule has 5 heteroatoms. The van der Waals surface area contributed by atoms with Gasteiger partial charge in [-0.05, 0) is 37.5 Å². The first-order chi connectivity index (χ1) is 11.8. The van der Waals surface area contributed by atoms with E-state index < -0.39 is 0 Å². The molecule has 0 bridgehead atoms. The maximum atomic E-state index is 13.0. The van der Waals surface area contributed by atoms with Gasteiger partial charge in [-0.15, -0.1) is 0 Å². The number of aromatic nitrogens is 3. The van der Waals surface area contributed by atoms with Crippen molar-refractivity contribution in [3.63, 3.8) is 0 Å². The van der Waals surface area contributed by atoms with Crippen molar-refractivity contribution in [2.45, 2.75) is 31.8 Å². The van der Waals surface area contributed by atoms with E-state index in [0.29, 0.717) is 5.69 Å². The molecule has 4 rings (SSSR count). The Bertz CT molecular complexity index is 843. The topological polar surface area (TPSA) is 51.0 Å². The van der Waals surface area contributed by atoms with Gasteiger partial charge in [-0.3, -0.25) is 9.48 Å². The van der Waals surface area contributed by atoms with Gasteiger partial charge in [0.25, 0.3) is 5.91 Å². The Hall–Kier alpha value is -2.69. The largest absolute Gasteiger partial charge is 0.332 e. The molecule has 0 N–H and O–H groups in total. The third-order valence-corrected chi connectivity index (χ3v) is 4.66. The van der Waals surface area contributed by atoms with Gasteiger partial charge in [0.1, 0.15) is 5.69 Å². The van der Waals surface area contributed by atoms with Crippen LogP contribution in [0.15, 0.2) is 54.9 Å². The number of benzene rings is 1. The Morgan fingerprint density at radius 1 is 1.12 bits per heavy atom. The Labute approximate surface area is 140 Å². The first kappa shape index (κ1) is 14.9. The quantitative estimate of drug-likeness (QED) is 0.745. The normalized spacial score (nSPS) is 18.0. The van der Waals surface area contributed by atoms with Crippen LogP contribution in [0.5, 0.6) is 0 Å². The van der Waals surface area contributed by atoms with Crippen molar-refractivity contribution in [3.05, 3.63) is 60.6 Å². The summed E-state index contributed by atoms with van der Waals surface area (Å²) < 4.78 is 1.91. The summed E-state index contributed by atoms with van der Waals surface area (Å²) in [6.07, 6.45) is 6.94. The number of amides is 1. The van der Waals surface area contributed by atoms with Crippen molar-refractivity contribution < 1.29 is 4.79 Å². The third kappa shape index (κ3) is 2.89. The van der Waals surface area contributed by atoms with Crippen LogP contribution in [0, 0.1) is 0 Å². The minimum Gasteiger partial charge on any atom is -0.332 e.